The van der Waals surface area contributed by atoms with Crippen LogP contribution in [-0.2, 0) is 10.0 Å². The van der Waals surface area contributed by atoms with Crippen molar-refractivity contribution in [2.75, 3.05) is 0 Å². The normalized spacial score (nSPS) is 14.2. The third-order valence-corrected chi connectivity index (χ3v) is 5.54. The molecule has 10 heteroatoms. The van der Waals surface area contributed by atoms with E-state index in [4.69, 9.17) is 5.11 Å². The number of hydrogen-bond donors (Lipinski definition) is 2. The van der Waals surface area contributed by atoms with Crippen LogP contribution in [0.2, 0.25) is 0 Å². The lowest BCUT2D eigenvalue weighted by atomic mass is 10.2. The lowest BCUT2D eigenvalue weighted by Gasteiger charge is -2.15. The fraction of sp³-hybridized carbons (Fsp3) is 0.500. The van der Waals surface area contributed by atoms with Gasteiger partial charge in [-0.15, -0.1) is 11.3 Å². The molecule has 0 aliphatic rings. The maximum Gasteiger partial charge on any atom is 0.390 e. The van der Waals surface area contributed by atoms with Crippen molar-refractivity contribution in [3.05, 3.63) is 16.5 Å². The van der Waals surface area contributed by atoms with Gasteiger partial charge in [0.25, 0.3) is 0 Å². The molecule has 20 heavy (non-hydrogen) atoms. The molecular weight excluding hydrogens is 319 g/mol. The van der Waals surface area contributed by atoms with Crippen molar-refractivity contribution in [1.29, 1.82) is 0 Å². The van der Waals surface area contributed by atoms with Gasteiger partial charge in [0.1, 0.15) is 9.09 Å². The molecule has 0 radical (unpaired) electrons. The Balaban J connectivity index is 2.95. The Kier molecular flexibility index (Phi) is 4.82. The van der Waals surface area contributed by atoms with E-state index in [0.29, 0.717) is 11.3 Å². The van der Waals surface area contributed by atoms with Crippen LogP contribution in [0.1, 0.15) is 28.6 Å². The highest BCUT2D eigenvalue weighted by Crippen LogP contribution is 2.27. The summed E-state index contributed by atoms with van der Waals surface area (Å²) >= 11 is 0.503. The number of aromatic carboxylic acids is 1. The SMILES string of the molecule is Cc1cc(S(=O)(=O)NC(C)CC(F)(F)F)sc1C(=O)O. The van der Waals surface area contributed by atoms with Crippen LogP contribution in [0.5, 0.6) is 0 Å². The summed E-state index contributed by atoms with van der Waals surface area (Å²) < 4.78 is 61.7. The van der Waals surface area contributed by atoms with Gasteiger partial charge in [-0.1, -0.05) is 0 Å². The van der Waals surface area contributed by atoms with Crippen molar-refractivity contribution >= 4 is 27.3 Å². The average molecular weight is 331 g/mol. The van der Waals surface area contributed by atoms with Crippen molar-refractivity contribution in [2.24, 2.45) is 0 Å². The molecule has 0 bridgehead atoms. The van der Waals surface area contributed by atoms with Gasteiger partial charge in [0.05, 0.1) is 6.42 Å². The van der Waals surface area contributed by atoms with Crippen molar-refractivity contribution in [3.63, 3.8) is 0 Å². The summed E-state index contributed by atoms with van der Waals surface area (Å²) in [6.45, 7) is 2.50. The number of rotatable bonds is 5. The molecule has 2 N–H and O–H groups in total. The molecule has 0 aliphatic carbocycles. The van der Waals surface area contributed by atoms with Crippen molar-refractivity contribution in [1.82, 2.24) is 4.72 Å². The number of alkyl halides is 3. The summed E-state index contributed by atoms with van der Waals surface area (Å²) in [5, 5.41) is 8.83. The lowest BCUT2D eigenvalue weighted by Crippen LogP contribution is -2.35. The standard InChI is InChI=1S/C10H12F3NO4S2/c1-5-3-7(19-8(5)9(15)16)20(17,18)14-6(2)4-10(11,12)13/h3,6,14H,4H2,1-2H3,(H,15,16). The van der Waals surface area contributed by atoms with Gasteiger partial charge in [-0.2, -0.15) is 13.2 Å². The lowest BCUT2D eigenvalue weighted by molar-refractivity contribution is -0.137. The molecule has 1 heterocycles. The number of aryl methyl sites for hydroxylation is 1. The second-order valence-electron chi connectivity index (χ2n) is 4.22. The summed E-state index contributed by atoms with van der Waals surface area (Å²) in [5.74, 6) is -1.28. The van der Waals surface area contributed by atoms with Gasteiger partial charge >= 0.3 is 12.1 Å². The number of halogens is 3. The number of thiophene rings is 1. The van der Waals surface area contributed by atoms with Gasteiger partial charge in [0.2, 0.25) is 10.0 Å². The van der Waals surface area contributed by atoms with E-state index in [0.717, 1.165) is 13.0 Å². The first-order chi connectivity index (χ1) is 8.92. The zero-order chi connectivity index (χ0) is 15.7. The van der Waals surface area contributed by atoms with Gasteiger partial charge in [-0.05, 0) is 25.5 Å². The molecule has 0 saturated heterocycles. The Morgan fingerprint density at radius 3 is 2.45 bits per heavy atom. The van der Waals surface area contributed by atoms with Crippen LogP contribution < -0.4 is 4.72 Å². The van der Waals surface area contributed by atoms with Crippen molar-refractivity contribution < 1.29 is 31.5 Å². The number of nitrogens with one attached hydrogen (secondary N) is 1. The first-order valence-corrected chi connectivity index (χ1v) is 7.65. The molecule has 0 aliphatic heterocycles. The molecule has 114 valence electrons. The molecule has 1 aromatic heterocycles. The molecular formula is C10H12F3NO4S2. The quantitative estimate of drug-likeness (QED) is 0.868. The van der Waals surface area contributed by atoms with E-state index in [1.165, 1.54) is 6.92 Å². The van der Waals surface area contributed by atoms with Crippen LogP contribution in [0, 0.1) is 6.92 Å². The average Bonchev–Trinajstić information content (AvgIpc) is 2.56. The summed E-state index contributed by atoms with van der Waals surface area (Å²) in [6.07, 6.45) is -5.79. The van der Waals surface area contributed by atoms with E-state index in [1.807, 2.05) is 4.72 Å². The fourth-order valence-electron chi connectivity index (χ4n) is 1.51. The maximum absolute atomic E-state index is 12.1. The predicted octanol–water partition coefficient (Wildman–Crippen LogP) is 2.37. The van der Waals surface area contributed by atoms with Gasteiger partial charge in [0, 0.05) is 6.04 Å². The molecule has 1 rings (SSSR count). The van der Waals surface area contributed by atoms with E-state index in [1.54, 1.807) is 0 Å². The number of carboxylic acids is 1. The monoisotopic (exact) mass is 331 g/mol. The van der Waals surface area contributed by atoms with E-state index < -0.39 is 34.6 Å². The molecule has 0 aromatic carbocycles. The van der Waals surface area contributed by atoms with Crippen molar-refractivity contribution in [2.45, 2.75) is 36.7 Å². The molecule has 5 nitrogen and oxygen atoms in total. The number of sulfonamides is 1. The predicted molar refractivity (Wildman–Crippen MR) is 66.5 cm³/mol. The van der Waals surface area contributed by atoms with E-state index in [9.17, 15) is 26.4 Å². The Morgan fingerprint density at radius 1 is 1.50 bits per heavy atom. The van der Waals surface area contributed by atoms with Crippen LogP contribution in [0.4, 0.5) is 13.2 Å². The third-order valence-electron chi connectivity index (χ3n) is 2.25. The number of carbonyl (C=O) groups is 1. The van der Waals surface area contributed by atoms with E-state index in [2.05, 4.69) is 0 Å². The van der Waals surface area contributed by atoms with Crippen LogP contribution in [0.15, 0.2) is 10.3 Å². The van der Waals surface area contributed by atoms with Crippen LogP contribution in [-0.4, -0.2) is 31.7 Å². The molecule has 0 amide bonds. The molecule has 0 spiro atoms. The highest BCUT2D eigenvalue weighted by atomic mass is 32.2. The first-order valence-electron chi connectivity index (χ1n) is 5.35. The number of carboxylic acid groups (broad SMARTS) is 1. The van der Waals surface area contributed by atoms with E-state index in [-0.39, 0.29) is 14.6 Å². The highest BCUT2D eigenvalue weighted by molar-refractivity contribution is 7.91. The Hall–Kier alpha value is -1.13. The smallest absolute Gasteiger partial charge is 0.390 e. The highest BCUT2D eigenvalue weighted by Gasteiger charge is 2.32. The number of hydrogen-bond acceptors (Lipinski definition) is 4. The minimum atomic E-state index is -4.49. The molecule has 0 saturated carbocycles. The molecule has 1 unspecified atom stereocenters. The van der Waals surface area contributed by atoms with Gasteiger partial charge in [-0.25, -0.2) is 17.9 Å². The minimum Gasteiger partial charge on any atom is -0.477 e. The summed E-state index contributed by atoms with van der Waals surface area (Å²) in [7, 11) is -4.16. The van der Waals surface area contributed by atoms with Gasteiger partial charge < -0.3 is 5.11 Å². The molecule has 0 fully saturated rings. The largest absolute Gasteiger partial charge is 0.477 e. The Bertz CT molecular complexity index is 607. The topological polar surface area (TPSA) is 83.5 Å². The zero-order valence-corrected chi connectivity index (χ0v) is 12.1. The Labute approximate surface area is 117 Å². The van der Waals surface area contributed by atoms with Crippen LogP contribution in [0.3, 0.4) is 0 Å². The molecule has 1 atom stereocenters. The van der Waals surface area contributed by atoms with Gasteiger partial charge in [0.15, 0.2) is 0 Å². The second-order valence-corrected chi connectivity index (χ2v) is 7.22. The maximum atomic E-state index is 12.1. The molecule has 1 aromatic rings. The first kappa shape index (κ1) is 16.9. The van der Waals surface area contributed by atoms with Gasteiger partial charge in [-0.3, -0.25) is 0 Å². The zero-order valence-electron chi connectivity index (χ0n) is 10.5. The third kappa shape index (κ3) is 4.46. The fourth-order valence-corrected chi connectivity index (χ4v) is 4.15. The summed E-state index contributed by atoms with van der Waals surface area (Å²) in [6, 6.07) is -0.216. The van der Waals surface area contributed by atoms with Crippen LogP contribution >= 0.6 is 11.3 Å². The summed E-state index contributed by atoms with van der Waals surface area (Å²) in [4.78, 5) is 10.7. The minimum absolute atomic E-state index is 0.158. The van der Waals surface area contributed by atoms with E-state index >= 15 is 0 Å². The summed E-state index contributed by atoms with van der Waals surface area (Å²) in [5.41, 5.74) is 0.242. The second kappa shape index (κ2) is 5.70. The Morgan fingerprint density at radius 2 is 2.05 bits per heavy atom. The van der Waals surface area contributed by atoms with Crippen LogP contribution in [0.25, 0.3) is 0 Å². The van der Waals surface area contributed by atoms with Crippen molar-refractivity contribution in [3.8, 4) is 0 Å².